The van der Waals surface area contributed by atoms with E-state index < -0.39 is 17.4 Å². The van der Waals surface area contributed by atoms with E-state index in [-0.39, 0.29) is 30.9 Å². The van der Waals surface area contributed by atoms with E-state index in [4.69, 9.17) is 4.74 Å². The molecule has 4 rings (SSSR count). The molecule has 2 aromatic heterocycles. The summed E-state index contributed by atoms with van der Waals surface area (Å²) in [7, 11) is 1.55. The van der Waals surface area contributed by atoms with Crippen LogP contribution in [0.4, 0.5) is 5.95 Å². The van der Waals surface area contributed by atoms with Crippen LogP contribution in [0.2, 0.25) is 0 Å². The van der Waals surface area contributed by atoms with Crippen LogP contribution in [-0.2, 0) is 13.6 Å². The maximum atomic E-state index is 12.7. The summed E-state index contributed by atoms with van der Waals surface area (Å²) >= 11 is 0. The van der Waals surface area contributed by atoms with Crippen LogP contribution >= 0.6 is 0 Å². The number of nitrogens with one attached hydrogen (secondary N) is 1. The van der Waals surface area contributed by atoms with Crippen molar-refractivity contribution in [2.24, 2.45) is 7.05 Å². The third kappa shape index (κ3) is 4.95. The Morgan fingerprint density at radius 2 is 1.85 bits per heavy atom. The van der Waals surface area contributed by atoms with Gasteiger partial charge in [0, 0.05) is 39.8 Å². The summed E-state index contributed by atoms with van der Waals surface area (Å²) in [5, 5.41) is 19.9. The number of aryl methyl sites for hydroxylation is 2. The lowest BCUT2D eigenvalue weighted by Crippen LogP contribution is -2.48. The number of ether oxygens (including phenoxy) is 1. The van der Waals surface area contributed by atoms with Crippen molar-refractivity contribution >= 4 is 17.1 Å². The van der Waals surface area contributed by atoms with Gasteiger partial charge in [0.15, 0.2) is 11.2 Å². The Balaban J connectivity index is 1.61. The van der Waals surface area contributed by atoms with E-state index in [2.05, 4.69) is 14.9 Å². The smallest absolute Gasteiger partial charge is 0.329 e. The first-order valence-corrected chi connectivity index (χ1v) is 11.0. The van der Waals surface area contributed by atoms with Gasteiger partial charge in [0.1, 0.15) is 18.5 Å². The molecule has 1 aromatic carbocycles. The van der Waals surface area contributed by atoms with Crippen molar-refractivity contribution in [3.05, 3.63) is 50.7 Å². The molecule has 11 nitrogen and oxygen atoms in total. The summed E-state index contributed by atoms with van der Waals surface area (Å²) in [6.07, 6.45) is -0.908. The van der Waals surface area contributed by atoms with Crippen molar-refractivity contribution in [1.82, 2.24) is 24.0 Å². The van der Waals surface area contributed by atoms with Crippen LogP contribution in [0.25, 0.3) is 11.2 Å². The van der Waals surface area contributed by atoms with Gasteiger partial charge in [-0.2, -0.15) is 4.98 Å². The zero-order chi connectivity index (χ0) is 23.5. The molecule has 3 aromatic rings. The molecule has 33 heavy (non-hydrogen) atoms. The molecule has 0 unspecified atom stereocenters. The Labute approximate surface area is 190 Å². The van der Waals surface area contributed by atoms with Crippen molar-refractivity contribution in [2.75, 3.05) is 50.8 Å². The number of hydrogen-bond acceptors (Lipinski definition) is 8. The summed E-state index contributed by atoms with van der Waals surface area (Å²) in [4.78, 5) is 35.9. The number of aliphatic hydroxyl groups is 2. The lowest BCUT2D eigenvalue weighted by Gasteiger charge is -2.35. The molecule has 3 N–H and O–H groups in total. The minimum atomic E-state index is -0.908. The molecule has 1 atom stereocenters. The number of anilines is 1. The van der Waals surface area contributed by atoms with Crippen LogP contribution in [0.3, 0.4) is 0 Å². The minimum Gasteiger partial charge on any atom is -0.491 e. The number of hydrogen-bond donors (Lipinski definition) is 3. The van der Waals surface area contributed by atoms with E-state index in [0.29, 0.717) is 31.3 Å². The molecule has 0 saturated carbocycles. The fraction of sp³-hybridized carbons (Fsp3) is 0.500. The largest absolute Gasteiger partial charge is 0.491 e. The highest BCUT2D eigenvalue weighted by atomic mass is 16.5. The topological polar surface area (TPSA) is 129 Å². The van der Waals surface area contributed by atoms with Crippen molar-refractivity contribution < 1.29 is 14.9 Å². The Morgan fingerprint density at radius 3 is 2.52 bits per heavy atom. The van der Waals surface area contributed by atoms with Crippen LogP contribution in [0.5, 0.6) is 5.75 Å². The molecule has 11 heteroatoms. The van der Waals surface area contributed by atoms with E-state index in [0.717, 1.165) is 18.7 Å². The number of rotatable bonds is 8. The summed E-state index contributed by atoms with van der Waals surface area (Å²) in [5.74, 6) is 1.17. The third-order valence-electron chi connectivity index (χ3n) is 5.91. The van der Waals surface area contributed by atoms with Gasteiger partial charge in [-0.1, -0.05) is 17.7 Å². The lowest BCUT2D eigenvalue weighted by atomic mass is 10.2. The third-order valence-corrected chi connectivity index (χ3v) is 5.91. The second-order valence-electron chi connectivity index (χ2n) is 8.34. The van der Waals surface area contributed by atoms with Gasteiger partial charge in [-0.05, 0) is 19.1 Å². The van der Waals surface area contributed by atoms with Crippen LogP contribution in [0.1, 0.15) is 5.56 Å². The Kier molecular flexibility index (Phi) is 6.82. The second kappa shape index (κ2) is 9.77. The van der Waals surface area contributed by atoms with Gasteiger partial charge in [0.05, 0.1) is 13.2 Å². The first-order valence-electron chi connectivity index (χ1n) is 11.0. The van der Waals surface area contributed by atoms with Gasteiger partial charge in [-0.25, -0.2) is 4.79 Å². The van der Waals surface area contributed by atoms with Gasteiger partial charge >= 0.3 is 5.69 Å². The monoisotopic (exact) mass is 458 g/mol. The zero-order valence-electron chi connectivity index (χ0n) is 18.9. The van der Waals surface area contributed by atoms with Crippen molar-refractivity contribution in [3.8, 4) is 5.75 Å². The van der Waals surface area contributed by atoms with Crippen molar-refractivity contribution in [3.63, 3.8) is 0 Å². The highest BCUT2D eigenvalue weighted by molar-refractivity contribution is 5.74. The predicted molar refractivity (Wildman–Crippen MR) is 124 cm³/mol. The number of β-amino-alcohol motifs (C(OH)–C–C–N with tert-alkyl or cyclic N) is 1. The van der Waals surface area contributed by atoms with Crippen LogP contribution in [0.15, 0.2) is 33.9 Å². The summed E-state index contributed by atoms with van der Waals surface area (Å²) in [5.41, 5.74) is 0.529. The van der Waals surface area contributed by atoms with Gasteiger partial charge in [0.2, 0.25) is 5.95 Å². The van der Waals surface area contributed by atoms with Gasteiger partial charge in [-0.3, -0.25) is 19.2 Å². The van der Waals surface area contributed by atoms with E-state index in [1.807, 2.05) is 36.1 Å². The maximum Gasteiger partial charge on any atom is 0.329 e. The summed E-state index contributed by atoms with van der Waals surface area (Å²) in [6, 6.07) is 7.54. The van der Waals surface area contributed by atoms with E-state index >= 15 is 0 Å². The highest BCUT2D eigenvalue weighted by Gasteiger charge is 2.26. The molecule has 0 spiro atoms. The average Bonchev–Trinajstić information content (AvgIpc) is 3.17. The number of benzene rings is 1. The van der Waals surface area contributed by atoms with Gasteiger partial charge in [-0.15, -0.1) is 0 Å². The quantitative estimate of drug-likeness (QED) is 0.404. The molecule has 1 aliphatic rings. The normalized spacial score (nSPS) is 15.8. The molecule has 0 radical (unpaired) electrons. The predicted octanol–water partition coefficient (Wildman–Crippen LogP) is -0.714. The molecule has 3 heterocycles. The average molecular weight is 459 g/mol. The molecule has 1 saturated heterocycles. The molecule has 1 fully saturated rings. The van der Waals surface area contributed by atoms with Gasteiger partial charge < -0.3 is 24.4 Å². The zero-order valence-corrected chi connectivity index (χ0v) is 18.9. The van der Waals surface area contributed by atoms with Gasteiger partial charge in [0.25, 0.3) is 5.56 Å². The molecule has 0 bridgehead atoms. The molecule has 1 aliphatic heterocycles. The fourth-order valence-corrected chi connectivity index (χ4v) is 4.04. The molecule has 0 amide bonds. The SMILES string of the molecule is Cc1ccc(OC[C@H](O)Cn2c(N3CCN(CCO)CC3)nc3c2c(=O)[nH]c(=O)n3C)cc1. The number of fused-ring (bicyclic) bond motifs is 1. The Bertz CT molecular complexity index is 1210. The number of nitrogens with zero attached hydrogens (tertiary/aromatic N) is 5. The molecular weight excluding hydrogens is 428 g/mol. The second-order valence-corrected chi connectivity index (χ2v) is 8.34. The maximum absolute atomic E-state index is 12.7. The molecule has 178 valence electrons. The lowest BCUT2D eigenvalue weighted by molar-refractivity contribution is 0.0935. The standard InChI is InChI=1S/C22H30N6O5/c1-15-3-5-17(6-4-15)33-14-16(30)13-28-18-19(25(2)22(32)24-20(18)31)23-21(28)27-9-7-26(8-10-27)11-12-29/h3-6,16,29-30H,7-14H2,1-2H3,(H,24,31,32)/t16-/m1/s1. The van der Waals surface area contributed by atoms with E-state index in [9.17, 15) is 19.8 Å². The number of aliphatic hydroxyl groups excluding tert-OH is 2. The van der Waals surface area contributed by atoms with Crippen LogP contribution in [-0.4, -0.2) is 86.3 Å². The number of aromatic nitrogens is 4. The van der Waals surface area contributed by atoms with E-state index in [1.165, 1.54) is 4.57 Å². The highest BCUT2D eigenvalue weighted by Crippen LogP contribution is 2.22. The van der Waals surface area contributed by atoms with Crippen LogP contribution in [0, 0.1) is 6.92 Å². The van der Waals surface area contributed by atoms with E-state index in [1.54, 1.807) is 11.6 Å². The first kappa shape index (κ1) is 23.0. The Hall–Kier alpha value is -3.15. The number of imidazole rings is 1. The molecular formula is C22H30N6O5. The van der Waals surface area contributed by atoms with Crippen molar-refractivity contribution in [1.29, 1.82) is 0 Å². The number of H-pyrrole nitrogens is 1. The van der Waals surface area contributed by atoms with Crippen molar-refractivity contribution in [2.45, 2.75) is 19.6 Å². The summed E-state index contributed by atoms with van der Waals surface area (Å²) < 4.78 is 8.68. The first-order chi connectivity index (χ1) is 15.9. The molecule has 0 aliphatic carbocycles. The minimum absolute atomic E-state index is 0.0378. The summed E-state index contributed by atoms with van der Waals surface area (Å²) in [6.45, 7) is 5.56. The Morgan fingerprint density at radius 1 is 1.15 bits per heavy atom. The number of aromatic amines is 1. The number of piperazine rings is 1. The van der Waals surface area contributed by atoms with Crippen LogP contribution < -0.4 is 20.9 Å². The fourth-order valence-electron chi connectivity index (χ4n) is 4.04.